The Balaban J connectivity index is 1.32. The van der Waals surface area contributed by atoms with Crippen LogP contribution in [-0.2, 0) is 11.2 Å². The molecule has 1 heterocycles. The van der Waals surface area contributed by atoms with Crippen LogP contribution in [-0.4, -0.2) is 27.3 Å². The van der Waals surface area contributed by atoms with Crippen LogP contribution in [0.15, 0.2) is 59.7 Å². The highest BCUT2D eigenvalue weighted by Gasteiger charge is 2.66. The Labute approximate surface area is 188 Å². The quantitative estimate of drug-likeness (QED) is 0.458. The summed E-state index contributed by atoms with van der Waals surface area (Å²) in [5.41, 5.74) is 1.98. The van der Waals surface area contributed by atoms with Gasteiger partial charge >= 0.3 is 0 Å². The number of allylic oxidation sites excluding steroid dienone is 3. The van der Waals surface area contributed by atoms with Crippen LogP contribution in [0.1, 0.15) is 24.8 Å². The largest absolute Gasteiger partial charge is 0.495 e. The van der Waals surface area contributed by atoms with Crippen LogP contribution in [0.4, 0.5) is 8.78 Å². The third-order valence-electron chi connectivity index (χ3n) is 7.50. The fourth-order valence-corrected chi connectivity index (χ4v) is 5.49. The van der Waals surface area contributed by atoms with Gasteiger partial charge in [-0.3, -0.25) is 0 Å². The number of methoxy groups -OCH3 is 1. The van der Waals surface area contributed by atoms with Crippen LogP contribution in [0, 0.1) is 34.8 Å². The second-order valence-electron chi connectivity index (χ2n) is 9.37. The number of ether oxygens (including phenoxy) is 2. The molecule has 32 heavy (non-hydrogen) atoms. The van der Waals surface area contributed by atoms with Gasteiger partial charge in [0.05, 0.1) is 13.7 Å². The van der Waals surface area contributed by atoms with Gasteiger partial charge in [-0.25, -0.2) is 8.78 Å². The van der Waals surface area contributed by atoms with Gasteiger partial charge < -0.3 is 20.1 Å². The second-order valence-corrected chi connectivity index (χ2v) is 9.37. The zero-order chi connectivity index (χ0) is 22.3. The molecule has 6 heteroatoms. The standard InChI is InChI=1S/C26H30F2N2O2/c1-29-14-20(31-2)8-17-12-30-13-18(17)9-21-23(27)6-7-24(25(21)28)32-15-26-11-19(26)5-3-4-16-10-22(16)26/h3-4,6-8,13-14,16,19,22,29-30H,5,9-12,15H2,1-2H3/b17-8+,20-14+. The molecule has 0 amide bonds. The van der Waals surface area contributed by atoms with Crippen molar-refractivity contribution in [3.05, 3.63) is 76.9 Å². The van der Waals surface area contributed by atoms with E-state index >= 15 is 4.39 Å². The summed E-state index contributed by atoms with van der Waals surface area (Å²) in [7, 11) is 3.38. The van der Waals surface area contributed by atoms with E-state index in [1.54, 1.807) is 20.4 Å². The molecule has 0 radical (unpaired) electrons. The molecule has 4 aliphatic rings. The van der Waals surface area contributed by atoms with E-state index in [9.17, 15) is 4.39 Å². The molecule has 0 aromatic heterocycles. The summed E-state index contributed by atoms with van der Waals surface area (Å²) >= 11 is 0. The first kappa shape index (κ1) is 21.1. The third kappa shape index (κ3) is 3.80. The van der Waals surface area contributed by atoms with Crippen molar-refractivity contribution in [1.29, 1.82) is 0 Å². The fraction of sp³-hybridized carbons (Fsp3) is 0.462. The molecule has 170 valence electrons. The van der Waals surface area contributed by atoms with E-state index < -0.39 is 11.6 Å². The number of fused-ring (bicyclic) bond motifs is 3. The monoisotopic (exact) mass is 440 g/mol. The SMILES string of the molecule is CN/C=C(\C=C1/CNC=C1Cc1c(F)ccc(OCC23CC2CC=CC2CC23)c1F)OC. The summed E-state index contributed by atoms with van der Waals surface area (Å²) in [4.78, 5) is 0. The lowest BCUT2D eigenvalue weighted by Gasteiger charge is -2.19. The number of halogens is 2. The summed E-state index contributed by atoms with van der Waals surface area (Å²) < 4.78 is 41.4. The van der Waals surface area contributed by atoms with Gasteiger partial charge in [0.25, 0.3) is 0 Å². The first-order chi connectivity index (χ1) is 15.6. The van der Waals surface area contributed by atoms with Gasteiger partial charge in [0.2, 0.25) is 0 Å². The minimum absolute atomic E-state index is 0.0385. The van der Waals surface area contributed by atoms with Crippen molar-refractivity contribution >= 4 is 0 Å². The van der Waals surface area contributed by atoms with Crippen molar-refractivity contribution < 1.29 is 18.3 Å². The van der Waals surface area contributed by atoms with Gasteiger partial charge in [-0.05, 0) is 66.4 Å². The highest BCUT2D eigenvalue weighted by atomic mass is 19.1. The minimum atomic E-state index is -0.595. The van der Waals surface area contributed by atoms with E-state index in [1.165, 1.54) is 18.6 Å². The summed E-state index contributed by atoms with van der Waals surface area (Å²) in [6, 6.07) is 2.75. The Bertz CT molecular complexity index is 1030. The zero-order valence-corrected chi connectivity index (χ0v) is 18.6. The number of hydrogen-bond donors (Lipinski definition) is 2. The molecule has 0 saturated heterocycles. The van der Waals surface area contributed by atoms with Crippen LogP contribution in [0.3, 0.4) is 0 Å². The topological polar surface area (TPSA) is 42.5 Å². The smallest absolute Gasteiger partial charge is 0.171 e. The molecular formula is C26H30F2N2O2. The van der Waals surface area contributed by atoms with Gasteiger partial charge in [-0.2, -0.15) is 0 Å². The molecule has 0 spiro atoms. The molecule has 3 aliphatic carbocycles. The van der Waals surface area contributed by atoms with E-state index in [2.05, 4.69) is 22.8 Å². The lowest BCUT2D eigenvalue weighted by Crippen LogP contribution is -2.19. The average Bonchev–Trinajstić information content (AvgIpc) is 3.66. The predicted molar refractivity (Wildman–Crippen MR) is 120 cm³/mol. The molecule has 2 saturated carbocycles. The molecular weight excluding hydrogens is 410 g/mol. The minimum Gasteiger partial charge on any atom is -0.495 e. The predicted octanol–water partition coefficient (Wildman–Crippen LogP) is 4.61. The van der Waals surface area contributed by atoms with E-state index in [0.29, 0.717) is 36.7 Å². The first-order valence-electron chi connectivity index (χ1n) is 11.4. The summed E-state index contributed by atoms with van der Waals surface area (Å²) in [5, 5.41) is 6.07. The normalized spacial score (nSPS) is 31.2. The van der Waals surface area contributed by atoms with Crippen LogP contribution in [0.2, 0.25) is 0 Å². The Morgan fingerprint density at radius 2 is 2.22 bits per heavy atom. The molecule has 4 unspecified atom stereocenters. The Kier molecular flexibility index (Phi) is 5.48. The van der Waals surface area contributed by atoms with Crippen molar-refractivity contribution in [2.24, 2.45) is 23.2 Å². The van der Waals surface area contributed by atoms with Gasteiger partial charge in [0, 0.05) is 43.4 Å². The van der Waals surface area contributed by atoms with Crippen molar-refractivity contribution in [2.75, 3.05) is 27.3 Å². The van der Waals surface area contributed by atoms with Crippen molar-refractivity contribution in [2.45, 2.75) is 25.7 Å². The van der Waals surface area contributed by atoms with Crippen LogP contribution in [0.25, 0.3) is 0 Å². The maximum atomic E-state index is 15.4. The number of benzene rings is 1. The van der Waals surface area contributed by atoms with Gasteiger partial charge in [0.15, 0.2) is 11.6 Å². The molecule has 1 aromatic rings. The highest BCUT2D eigenvalue weighted by Crippen LogP contribution is 2.70. The van der Waals surface area contributed by atoms with Crippen molar-refractivity contribution in [3.8, 4) is 5.75 Å². The lowest BCUT2D eigenvalue weighted by atomic mass is 9.96. The Morgan fingerprint density at radius 1 is 1.34 bits per heavy atom. The molecule has 2 fully saturated rings. The third-order valence-corrected chi connectivity index (χ3v) is 7.50. The fourth-order valence-electron chi connectivity index (χ4n) is 5.49. The van der Waals surface area contributed by atoms with Crippen LogP contribution < -0.4 is 15.4 Å². The van der Waals surface area contributed by atoms with E-state index in [0.717, 1.165) is 24.0 Å². The Morgan fingerprint density at radius 3 is 3.03 bits per heavy atom. The van der Waals surface area contributed by atoms with Crippen LogP contribution >= 0.6 is 0 Å². The zero-order valence-electron chi connectivity index (χ0n) is 18.6. The highest BCUT2D eigenvalue weighted by molar-refractivity contribution is 5.45. The lowest BCUT2D eigenvalue weighted by molar-refractivity contribution is 0.190. The summed E-state index contributed by atoms with van der Waals surface area (Å²) in [5.74, 6) is 1.62. The molecule has 2 N–H and O–H groups in total. The second kappa shape index (κ2) is 8.30. The van der Waals surface area contributed by atoms with Crippen LogP contribution in [0.5, 0.6) is 5.75 Å². The van der Waals surface area contributed by atoms with Crippen molar-refractivity contribution in [3.63, 3.8) is 0 Å². The average molecular weight is 441 g/mol. The van der Waals surface area contributed by atoms with E-state index in [4.69, 9.17) is 9.47 Å². The molecule has 4 atom stereocenters. The first-order valence-corrected chi connectivity index (χ1v) is 11.4. The van der Waals surface area contributed by atoms with E-state index in [1.807, 2.05) is 12.3 Å². The molecule has 5 rings (SSSR count). The number of nitrogens with one attached hydrogen (secondary N) is 2. The Hall–Kier alpha value is -2.76. The molecule has 1 aliphatic heterocycles. The molecule has 0 bridgehead atoms. The summed E-state index contributed by atoms with van der Waals surface area (Å²) in [6.45, 7) is 1.10. The number of hydrogen-bond acceptors (Lipinski definition) is 4. The van der Waals surface area contributed by atoms with E-state index in [-0.39, 0.29) is 23.1 Å². The van der Waals surface area contributed by atoms with Gasteiger partial charge in [-0.1, -0.05) is 12.2 Å². The van der Waals surface area contributed by atoms with Crippen molar-refractivity contribution in [1.82, 2.24) is 10.6 Å². The summed E-state index contributed by atoms with van der Waals surface area (Å²) in [6.07, 6.45) is 13.7. The van der Waals surface area contributed by atoms with Gasteiger partial charge in [-0.15, -0.1) is 0 Å². The van der Waals surface area contributed by atoms with Gasteiger partial charge in [0.1, 0.15) is 11.6 Å². The molecule has 1 aromatic carbocycles. The number of rotatable bonds is 8. The molecule has 4 nitrogen and oxygen atoms in total. The maximum Gasteiger partial charge on any atom is 0.171 e. The maximum absolute atomic E-state index is 15.4.